The number of hydrogen-bond donors (Lipinski definition) is 3. The maximum absolute atomic E-state index is 13.6. The molecule has 3 aliphatic rings. The monoisotopic (exact) mass is 489 g/mol. The first-order valence-electron chi connectivity index (χ1n) is 12.6. The van der Waals surface area contributed by atoms with Crippen molar-refractivity contribution in [3.05, 3.63) is 82.6 Å². The number of thioether (sulfide) groups is 1. The van der Waals surface area contributed by atoms with Crippen LogP contribution >= 0.6 is 11.8 Å². The number of Topliss-reactive ketones (excluding diaryl/α,β-unsaturated/α-hetero) is 1. The Morgan fingerprint density at radius 1 is 0.971 bits per heavy atom. The number of hydrogen-bond acceptors (Lipinski definition) is 5. The number of nitrogens with one attached hydrogen (secondary N) is 3. The van der Waals surface area contributed by atoms with Crippen molar-refractivity contribution in [1.29, 1.82) is 0 Å². The van der Waals surface area contributed by atoms with E-state index in [1.54, 1.807) is 11.8 Å². The summed E-state index contributed by atoms with van der Waals surface area (Å²) in [5.41, 5.74) is 5.02. The van der Waals surface area contributed by atoms with Crippen LogP contribution in [0.15, 0.2) is 65.9 Å². The zero-order valence-electron chi connectivity index (χ0n) is 20.9. The first-order chi connectivity index (χ1) is 16.7. The average Bonchev–Trinajstić information content (AvgIpc) is 2.81. The third-order valence-corrected chi connectivity index (χ3v) is 8.49. The maximum Gasteiger partial charge on any atom is 0.229 e. The summed E-state index contributed by atoms with van der Waals surface area (Å²) in [5.74, 6) is 0.739. The molecule has 0 aromatic heterocycles. The Morgan fingerprint density at radius 3 is 2.37 bits per heavy atom. The summed E-state index contributed by atoms with van der Waals surface area (Å²) in [6.45, 7) is 8.65. The van der Waals surface area contributed by atoms with Gasteiger partial charge in [-0.05, 0) is 34.4 Å². The highest BCUT2D eigenvalue weighted by Crippen LogP contribution is 2.47. The number of carbonyl (C=O) groups is 2. The number of benzene rings is 2. The first kappa shape index (κ1) is 24.1. The number of allylic oxidation sites excluding steroid dienone is 2. The third kappa shape index (κ3) is 4.91. The molecule has 35 heavy (non-hydrogen) atoms. The molecule has 4 unspecified atom stereocenters. The summed E-state index contributed by atoms with van der Waals surface area (Å²) < 4.78 is 0. The van der Waals surface area contributed by atoms with Gasteiger partial charge in [0.05, 0.1) is 12.1 Å². The third-order valence-electron chi connectivity index (χ3n) is 7.41. The fourth-order valence-electron chi connectivity index (χ4n) is 5.66. The van der Waals surface area contributed by atoms with Gasteiger partial charge < -0.3 is 10.6 Å². The molecule has 0 saturated carbocycles. The SMILES string of the molecule is CC(C)c1ccc(C2C3=C(CC(C)(C)CC3=O)NC3NC(SCc4ccccc4)NC(=O)C32)cc1. The highest BCUT2D eigenvalue weighted by molar-refractivity contribution is 7.99. The Labute approximate surface area is 212 Å². The molecule has 5 nitrogen and oxygen atoms in total. The van der Waals surface area contributed by atoms with Gasteiger partial charge in [-0.25, -0.2) is 0 Å². The Kier molecular flexibility index (Phi) is 6.53. The van der Waals surface area contributed by atoms with Crippen molar-refractivity contribution in [2.45, 2.75) is 69.8 Å². The van der Waals surface area contributed by atoms with Gasteiger partial charge >= 0.3 is 0 Å². The van der Waals surface area contributed by atoms with Crippen molar-refractivity contribution in [2.24, 2.45) is 11.3 Å². The molecule has 0 spiro atoms. The molecule has 184 valence electrons. The van der Waals surface area contributed by atoms with Gasteiger partial charge in [-0.2, -0.15) is 0 Å². The molecule has 0 radical (unpaired) electrons. The van der Waals surface area contributed by atoms with Crippen LogP contribution in [0.3, 0.4) is 0 Å². The first-order valence-corrected chi connectivity index (χ1v) is 13.6. The van der Waals surface area contributed by atoms with E-state index in [2.05, 4.69) is 80.0 Å². The molecule has 5 rings (SSSR count). The Hall–Kier alpha value is -2.57. The van der Waals surface area contributed by atoms with E-state index in [-0.39, 0.29) is 34.7 Å². The molecule has 2 aromatic rings. The van der Waals surface area contributed by atoms with Gasteiger partial charge in [0.2, 0.25) is 5.91 Å². The normalized spacial score (nSPS) is 27.7. The van der Waals surface area contributed by atoms with Crippen LogP contribution in [0.1, 0.15) is 69.1 Å². The summed E-state index contributed by atoms with van der Waals surface area (Å²) in [4.78, 5) is 27.0. The van der Waals surface area contributed by atoms with E-state index in [4.69, 9.17) is 0 Å². The predicted molar refractivity (Wildman–Crippen MR) is 142 cm³/mol. The van der Waals surface area contributed by atoms with E-state index in [0.717, 1.165) is 29.0 Å². The van der Waals surface area contributed by atoms with Crippen molar-refractivity contribution in [1.82, 2.24) is 16.0 Å². The topological polar surface area (TPSA) is 70.2 Å². The summed E-state index contributed by atoms with van der Waals surface area (Å²) in [5, 5.41) is 10.4. The molecule has 3 N–H and O–H groups in total. The zero-order valence-corrected chi connectivity index (χ0v) is 21.7. The van der Waals surface area contributed by atoms with Crippen molar-refractivity contribution < 1.29 is 9.59 Å². The number of amides is 1. The molecule has 0 bridgehead atoms. The molecule has 4 atom stereocenters. The standard InChI is InChI=1S/C29H35N3O2S/c1-17(2)19-10-12-20(13-11-19)23-24-21(14-29(3,4)15-22(24)33)30-26-25(23)27(34)32-28(31-26)35-16-18-8-6-5-7-9-18/h5-13,17,23,25-26,28,30-31H,14-16H2,1-4H3,(H,32,34). The number of rotatable bonds is 5. The number of fused-ring (bicyclic) bond motifs is 1. The van der Waals surface area contributed by atoms with Gasteiger partial charge in [0.15, 0.2) is 5.78 Å². The van der Waals surface area contributed by atoms with E-state index >= 15 is 0 Å². The lowest BCUT2D eigenvalue weighted by molar-refractivity contribution is -0.130. The summed E-state index contributed by atoms with van der Waals surface area (Å²) in [7, 11) is 0. The molecule has 1 fully saturated rings. The molecule has 1 saturated heterocycles. The maximum atomic E-state index is 13.6. The molecule has 2 heterocycles. The number of carbonyl (C=O) groups excluding carboxylic acids is 2. The summed E-state index contributed by atoms with van der Waals surface area (Å²) in [6, 6.07) is 18.8. The van der Waals surface area contributed by atoms with E-state index in [1.165, 1.54) is 11.1 Å². The quantitative estimate of drug-likeness (QED) is 0.550. The Balaban J connectivity index is 1.47. The van der Waals surface area contributed by atoms with E-state index in [0.29, 0.717) is 12.3 Å². The van der Waals surface area contributed by atoms with Crippen LogP contribution in [-0.4, -0.2) is 23.4 Å². The van der Waals surface area contributed by atoms with Gasteiger partial charge in [0, 0.05) is 29.4 Å². The van der Waals surface area contributed by atoms with E-state index in [9.17, 15) is 9.59 Å². The van der Waals surface area contributed by atoms with Crippen LogP contribution < -0.4 is 16.0 Å². The van der Waals surface area contributed by atoms with Crippen LogP contribution in [0.4, 0.5) is 0 Å². The molecule has 6 heteroatoms. The highest BCUT2D eigenvalue weighted by Gasteiger charge is 2.50. The average molecular weight is 490 g/mol. The molecular weight excluding hydrogens is 454 g/mol. The van der Waals surface area contributed by atoms with Crippen molar-refractivity contribution in [3.63, 3.8) is 0 Å². The molecule has 2 aromatic carbocycles. The van der Waals surface area contributed by atoms with E-state index in [1.807, 2.05) is 18.2 Å². The largest absolute Gasteiger partial charge is 0.372 e. The van der Waals surface area contributed by atoms with Crippen molar-refractivity contribution in [2.75, 3.05) is 0 Å². The minimum absolute atomic E-state index is 0.00562. The summed E-state index contributed by atoms with van der Waals surface area (Å²) in [6.07, 6.45) is 1.09. The fourth-order valence-corrected chi connectivity index (χ4v) is 6.65. The fraction of sp³-hybridized carbons (Fsp3) is 0.448. The Morgan fingerprint density at radius 2 is 1.69 bits per heavy atom. The van der Waals surface area contributed by atoms with Gasteiger partial charge in [-0.3, -0.25) is 14.9 Å². The van der Waals surface area contributed by atoms with Crippen LogP contribution in [0, 0.1) is 11.3 Å². The van der Waals surface area contributed by atoms with Crippen LogP contribution in [0.2, 0.25) is 0 Å². The molecular formula is C29H35N3O2S. The minimum atomic E-state index is -0.391. The summed E-state index contributed by atoms with van der Waals surface area (Å²) >= 11 is 1.68. The van der Waals surface area contributed by atoms with Gasteiger partial charge in [0.25, 0.3) is 0 Å². The minimum Gasteiger partial charge on any atom is -0.372 e. The van der Waals surface area contributed by atoms with Gasteiger partial charge in [-0.1, -0.05) is 82.3 Å². The van der Waals surface area contributed by atoms with Crippen LogP contribution in [0.5, 0.6) is 0 Å². The molecule has 1 amide bonds. The lowest BCUT2D eigenvalue weighted by Crippen LogP contribution is -2.68. The zero-order chi connectivity index (χ0) is 24.7. The highest BCUT2D eigenvalue weighted by atomic mass is 32.2. The van der Waals surface area contributed by atoms with Crippen molar-refractivity contribution >= 4 is 23.5 Å². The Bertz CT molecular complexity index is 1140. The molecule has 1 aliphatic carbocycles. The second kappa shape index (κ2) is 9.47. The molecule has 2 aliphatic heterocycles. The van der Waals surface area contributed by atoms with Crippen LogP contribution in [-0.2, 0) is 15.3 Å². The van der Waals surface area contributed by atoms with Crippen molar-refractivity contribution in [3.8, 4) is 0 Å². The van der Waals surface area contributed by atoms with E-state index < -0.39 is 5.92 Å². The van der Waals surface area contributed by atoms with Gasteiger partial charge in [-0.15, -0.1) is 11.8 Å². The smallest absolute Gasteiger partial charge is 0.229 e. The lowest BCUT2D eigenvalue weighted by Gasteiger charge is -2.48. The predicted octanol–water partition coefficient (Wildman–Crippen LogP) is 5.02. The van der Waals surface area contributed by atoms with Gasteiger partial charge in [0.1, 0.15) is 5.50 Å². The lowest BCUT2D eigenvalue weighted by atomic mass is 9.66. The number of ketones is 1. The second-order valence-electron chi connectivity index (χ2n) is 11.1. The second-order valence-corrected chi connectivity index (χ2v) is 12.2. The van der Waals surface area contributed by atoms with Crippen LogP contribution in [0.25, 0.3) is 0 Å².